The molecule has 7 nitrogen and oxygen atoms in total. The number of carbonyl (C=O) groups is 2. The second kappa shape index (κ2) is 12.4. The topological polar surface area (TPSA) is 82.5 Å². The third kappa shape index (κ3) is 6.58. The fraction of sp³-hybridized carbons (Fsp3) is 0.207. The van der Waals surface area contributed by atoms with Gasteiger partial charge in [0.15, 0.2) is 6.04 Å². The number of benzene rings is 3. The maximum absolute atomic E-state index is 14.0. The Labute approximate surface area is 225 Å². The zero-order chi connectivity index (χ0) is 27.1. The summed E-state index contributed by atoms with van der Waals surface area (Å²) in [6.45, 7) is 1.88. The van der Waals surface area contributed by atoms with E-state index in [0.717, 1.165) is 5.69 Å². The molecule has 1 amide bonds. The highest BCUT2D eigenvalue weighted by atomic mass is 35.5. The molecule has 1 atom stereocenters. The Morgan fingerprint density at radius 1 is 1.05 bits per heavy atom. The normalized spacial score (nSPS) is 11.6. The van der Waals surface area contributed by atoms with Crippen LogP contribution in [0.15, 0.2) is 78.9 Å². The van der Waals surface area contributed by atoms with E-state index in [0.29, 0.717) is 39.7 Å². The molecule has 0 bridgehead atoms. The van der Waals surface area contributed by atoms with Gasteiger partial charge in [0, 0.05) is 23.4 Å². The van der Waals surface area contributed by atoms with Crippen LogP contribution in [0.25, 0.3) is 16.9 Å². The average Bonchev–Trinajstić information content (AvgIpc) is 3.35. The summed E-state index contributed by atoms with van der Waals surface area (Å²) in [7, 11) is 1.59. The van der Waals surface area contributed by atoms with Gasteiger partial charge in [-0.05, 0) is 67.1 Å². The van der Waals surface area contributed by atoms with Crippen LogP contribution in [-0.2, 0) is 20.7 Å². The van der Waals surface area contributed by atoms with E-state index >= 15 is 0 Å². The average molecular weight is 536 g/mol. The minimum Gasteiger partial charge on any atom is -0.497 e. The molecule has 1 unspecified atom stereocenters. The van der Waals surface area contributed by atoms with Gasteiger partial charge < -0.3 is 14.8 Å². The predicted octanol–water partition coefficient (Wildman–Crippen LogP) is 5.69. The molecule has 0 saturated heterocycles. The van der Waals surface area contributed by atoms with E-state index in [4.69, 9.17) is 26.2 Å². The summed E-state index contributed by atoms with van der Waals surface area (Å²) in [6.07, 6.45) is 0.362. The van der Waals surface area contributed by atoms with Crippen LogP contribution in [0, 0.1) is 5.82 Å². The molecular formula is C29H27ClFN3O4. The van der Waals surface area contributed by atoms with Crippen LogP contribution >= 0.6 is 11.6 Å². The standard InChI is InChI=1S/C29H27ClFN3O4/c1-3-38-29(36)28(20-7-4-8-21(30)16-20)32-27(35)15-10-23-18-26(19-6-5-9-22(31)17-19)34(33-23)24-11-13-25(37-2)14-12-24/h4-9,11-14,16-18,28H,3,10,15H2,1-2H3,(H,32,35). The summed E-state index contributed by atoms with van der Waals surface area (Å²) in [5, 5.41) is 7.89. The van der Waals surface area contributed by atoms with E-state index in [1.54, 1.807) is 55.1 Å². The molecule has 0 fully saturated rings. The lowest BCUT2D eigenvalue weighted by Crippen LogP contribution is -2.35. The van der Waals surface area contributed by atoms with E-state index in [-0.39, 0.29) is 24.8 Å². The van der Waals surface area contributed by atoms with Crippen molar-refractivity contribution in [2.75, 3.05) is 13.7 Å². The number of hydrogen-bond acceptors (Lipinski definition) is 5. The van der Waals surface area contributed by atoms with Crippen LogP contribution in [0.2, 0.25) is 5.02 Å². The Balaban J connectivity index is 1.55. The van der Waals surface area contributed by atoms with Crippen LogP contribution in [-0.4, -0.2) is 35.4 Å². The third-order valence-corrected chi connectivity index (χ3v) is 6.05. The van der Waals surface area contributed by atoms with Crippen LogP contribution in [0.5, 0.6) is 5.75 Å². The first kappa shape index (κ1) is 26.9. The first-order valence-corrected chi connectivity index (χ1v) is 12.5. The van der Waals surface area contributed by atoms with Gasteiger partial charge >= 0.3 is 5.97 Å². The van der Waals surface area contributed by atoms with E-state index in [1.807, 2.05) is 30.3 Å². The summed E-state index contributed by atoms with van der Waals surface area (Å²) in [5.74, 6) is -0.590. The highest BCUT2D eigenvalue weighted by molar-refractivity contribution is 6.30. The lowest BCUT2D eigenvalue weighted by molar-refractivity contribution is -0.147. The van der Waals surface area contributed by atoms with Crippen LogP contribution in [0.4, 0.5) is 4.39 Å². The van der Waals surface area contributed by atoms with E-state index in [2.05, 4.69) is 5.32 Å². The fourth-order valence-electron chi connectivity index (χ4n) is 3.99. The molecule has 1 aromatic heterocycles. The maximum atomic E-state index is 14.0. The van der Waals surface area contributed by atoms with Gasteiger partial charge in [-0.15, -0.1) is 0 Å². The zero-order valence-electron chi connectivity index (χ0n) is 21.0. The molecule has 9 heteroatoms. The van der Waals surface area contributed by atoms with Gasteiger partial charge in [0.05, 0.1) is 30.8 Å². The Morgan fingerprint density at radius 3 is 2.50 bits per heavy atom. The monoisotopic (exact) mass is 535 g/mol. The van der Waals surface area contributed by atoms with E-state index in [1.165, 1.54) is 12.1 Å². The van der Waals surface area contributed by atoms with Gasteiger partial charge in [-0.2, -0.15) is 5.10 Å². The van der Waals surface area contributed by atoms with Crippen LogP contribution < -0.4 is 10.1 Å². The van der Waals surface area contributed by atoms with Crippen molar-refractivity contribution in [1.29, 1.82) is 0 Å². The first-order chi connectivity index (χ1) is 18.4. The number of amides is 1. The molecule has 38 heavy (non-hydrogen) atoms. The summed E-state index contributed by atoms with van der Waals surface area (Å²) in [6, 6.07) is 21.1. The predicted molar refractivity (Wildman–Crippen MR) is 143 cm³/mol. The maximum Gasteiger partial charge on any atom is 0.333 e. The molecule has 0 aliphatic rings. The molecule has 196 valence electrons. The Kier molecular flexibility index (Phi) is 8.76. The number of ether oxygens (including phenoxy) is 2. The van der Waals surface area contributed by atoms with E-state index in [9.17, 15) is 14.0 Å². The fourth-order valence-corrected chi connectivity index (χ4v) is 4.19. The number of esters is 1. The second-order valence-electron chi connectivity index (χ2n) is 8.45. The lowest BCUT2D eigenvalue weighted by atomic mass is 10.1. The Morgan fingerprint density at radius 2 is 1.82 bits per heavy atom. The molecule has 3 aromatic carbocycles. The van der Waals surface area contributed by atoms with Crippen molar-refractivity contribution < 1.29 is 23.5 Å². The molecule has 0 saturated carbocycles. The molecular weight excluding hydrogens is 509 g/mol. The van der Waals surface area contributed by atoms with Crippen molar-refractivity contribution in [1.82, 2.24) is 15.1 Å². The van der Waals surface area contributed by atoms with Crippen molar-refractivity contribution in [3.8, 4) is 22.7 Å². The van der Waals surface area contributed by atoms with Crippen LogP contribution in [0.1, 0.15) is 30.6 Å². The van der Waals surface area contributed by atoms with Gasteiger partial charge in [0.1, 0.15) is 11.6 Å². The molecule has 0 aliphatic heterocycles. The Hall–Kier alpha value is -4.17. The Bertz CT molecular complexity index is 1420. The SMILES string of the molecule is CCOC(=O)C(NC(=O)CCc1cc(-c2cccc(F)c2)n(-c2ccc(OC)cc2)n1)c1cccc(Cl)c1. The number of carbonyl (C=O) groups excluding carboxylic acids is 2. The van der Waals surface area contributed by atoms with Gasteiger partial charge in [-0.25, -0.2) is 13.9 Å². The first-order valence-electron chi connectivity index (χ1n) is 12.1. The highest BCUT2D eigenvalue weighted by Crippen LogP contribution is 2.26. The minimum atomic E-state index is -0.985. The summed E-state index contributed by atoms with van der Waals surface area (Å²) >= 11 is 6.09. The molecule has 0 radical (unpaired) electrons. The summed E-state index contributed by atoms with van der Waals surface area (Å²) in [4.78, 5) is 25.5. The molecule has 4 rings (SSSR count). The number of methoxy groups -OCH3 is 1. The van der Waals surface area contributed by atoms with Gasteiger partial charge in [0.25, 0.3) is 0 Å². The summed E-state index contributed by atoms with van der Waals surface area (Å²) in [5.41, 5.74) is 3.23. The third-order valence-electron chi connectivity index (χ3n) is 5.82. The van der Waals surface area contributed by atoms with Crippen molar-refractivity contribution in [3.05, 3.63) is 101 Å². The van der Waals surface area contributed by atoms with Crippen molar-refractivity contribution >= 4 is 23.5 Å². The molecule has 1 N–H and O–H groups in total. The van der Waals surface area contributed by atoms with Gasteiger partial charge in [0.2, 0.25) is 5.91 Å². The smallest absolute Gasteiger partial charge is 0.333 e. The highest BCUT2D eigenvalue weighted by Gasteiger charge is 2.24. The molecule has 0 spiro atoms. The number of rotatable bonds is 10. The number of aryl methyl sites for hydroxylation is 1. The number of nitrogens with one attached hydrogen (secondary N) is 1. The minimum absolute atomic E-state index is 0.0681. The molecule has 4 aromatic rings. The van der Waals surface area contributed by atoms with Crippen LogP contribution in [0.3, 0.4) is 0 Å². The number of nitrogens with zero attached hydrogens (tertiary/aromatic N) is 2. The van der Waals surface area contributed by atoms with Crippen molar-refractivity contribution in [3.63, 3.8) is 0 Å². The van der Waals surface area contributed by atoms with E-state index < -0.39 is 12.0 Å². The summed E-state index contributed by atoms with van der Waals surface area (Å²) < 4.78 is 26.1. The molecule has 1 heterocycles. The van der Waals surface area contributed by atoms with Crippen molar-refractivity contribution in [2.24, 2.45) is 0 Å². The number of aromatic nitrogens is 2. The van der Waals surface area contributed by atoms with Crippen molar-refractivity contribution in [2.45, 2.75) is 25.8 Å². The second-order valence-corrected chi connectivity index (χ2v) is 8.89. The number of halogens is 2. The lowest BCUT2D eigenvalue weighted by Gasteiger charge is -2.18. The number of hydrogen-bond donors (Lipinski definition) is 1. The van der Waals surface area contributed by atoms with Gasteiger partial charge in [-0.1, -0.05) is 35.9 Å². The van der Waals surface area contributed by atoms with Gasteiger partial charge in [-0.3, -0.25) is 4.79 Å². The molecule has 0 aliphatic carbocycles. The largest absolute Gasteiger partial charge is 0.497 e. The quantitative estimate of drug-likeness (QED) is 0.264. The zero-order valence-corrected chi connectivity index (χ0v) is 21.7.